The number of rotatable bonds is 54. The zero-order valence-corrected chi connectivity index (χ0v) is 45.9. The third kappa shape index (κ3) is 51.1. The van der Waals surface area contributed by atoms with E-state index in [1.807, 2.05) is 27.2 Å². The van der Waals surface area contributed by atoms with E-state index >= 15 is 0 Å². The summed E-state index contributed by atoms with van der Waals surface area (Å²) < 4.78 is 23.7. The van der Waals surface area contributed by atoms with Gasteiger partial charge in [-0.3, -0.25) is 13.8 Å². The van der Waals surface area contributed by atoms with E-state index in [0.29, 0.717) is 17.4 Å². The molecule has 0 saturated carbocycles. The molecule has 0 aromatic heterocycles. The Bertz CT molecular complexity index is 1080. The number of hydrogen-bond donors (Lipinski definition) is 3. The van der Waals surface area contributed by atoms with Crippen LogP contribution in [0.5, 0.6) is 0 Å². The number of likely N-dealkylation sites (N-methyl/N-ethyl adjacent to an activating group) is 1. The summed E-state index contributed by atoms with van der Waals surface area (Å²) in [4.78, 5) is 23.3. The average Bonchev–Trinajstić information content (AvgIpc) is 3.28. The topological polar surface area (TPSA) is 105 Å². The molecule has 0 radical (unpaired) electrons. The predicted octanol–water partition coefficient (Wildman–Crippen LogP) is 17.4. The minimum Gasteiger partial charge on any atom is -0.387 e. The number of quaternary nitrogens is 1. The number of carbonyl (C=O) groups excluding carboxylic acids is 1. The standard InChI is InChI=1S/C57H115N2O6P/c1-6-8-10-12-14-16-18-20-22-23-24-25-26-27-28-29-30-31-32-33-34-35-36-37-39-41-43-45-47-49-51-57(61)58-55(54-65-66(62,63)64-53-52-59(3,4)5)56(60)50-48-46-44-42-40-38-21-19-17-15-13-11-9-7-2/h48,50,55-56,60H,6-47,49,51-54H2,1-5H3,(H-,58,61,62,63)/p+1/b50-48+. The number of allylic oxidation sites excluding steroid dienone is 1. The fourth-order valence-corrected chi connectivity index (χ4v) is 9.66. The lowest BCUT2D eigenvalue weighted by molar-refractivity contribution is -0.870. The van der Waals surface area contributed by atoms with Crippen molar-refractivity contribution in [2.45, 2.75) is 309 Å². The number of aliphatic hydroxyl groups is 1. The van der Waals surface area contributed by atoms with Crippen LogP contribution in [0.25, 0.3) is 0 Å². The number of hydrogen-bond acceptors (Lipinski definition) is 5. The largest absolute Gasteiger partial charge is 0.472 e. The van der Waals surface area contributed by atoms with E-state index in [2.05, 4.69) is 19.2 Å². The van der Waals surface area contributed by atoms with Crippen LogP contribution < -0.4 is 5.32 Å². The van der Waals surface area contributed by atoms with Gasteiger partial charge >= 0.3 is 7.82 Å². The molecule has 0 bridgehead atoms. The first-order valence-electron chi connectivity index (χ1n) is 29.1. The number of aliphatic hydroxyl groups excluding tert-OH is 1. The van der Waals surface area contributed by atoms with Gasteiger partial charge in [-0.25, -0.2) is 4.57 Å². The van der Waals surface area contributed by atoms with Crippen molar-refractivity contribution >= 4 is 13.7 Å². The molecule has 0 aliphatic rings. The SMILES string of the molecule is CCCCCCCCCCCCCC/C=C/C(O)C(COP(=O)(O)OCC[N+](C)(C)C)NC(=O)CCCCCCCCCCCCCCCCCCCCCCCCCCCCCCCC. The second-order valence-electron chi connectivity index (χ2n) is 21.4. The van der Waals surface area contributed by atoms with Crippen LogP contribution in [0, 0.1) is 0 Å². The minimum absolute atomic E-state index is 0.0650. The summed E-state index contributed by atoms with van der Waals surface area (Å²) in [7, 11) is 1.59. The summed E-state index contributed by atoms with van der Waals surface area (Å²) >= 11 is 0. The molecule has 0 aliphatic heterocycles. The summed E-state index contributed by atoms with van der Waals surface area (Å²) in [6.45, 7) is 4.86. The summed E-state index contributed by atoms with van der Waals surface area (Å²) in [5.74, 6) is -0.170. The maximum Gasteiger partial charge on any atom is 0.472 e. The lowest BCUT2D eigenvalue weighted by atomic mass is 10.0. The number of carbonyl (C=O) groups is 1. The van der Waals surface area contributed by atoms with E-state index < -0.39 is 20.0 Å². The van der Waals surface area contributed by atoms with Crippen LogP contribution in [-0.4, -0.2) is 73.4 Å². The molecule has 0 aromatic carbocycles. The van der Waals surface area contributed by atoms with Gasteiger partial charge in [-0.2, -0.15) is 0 Å². The van der Waals surface area contributed by atoms with Crippen molar-refractivity contribution < 1.29 is 32.9 Å². The fourth-order valence-electron chi connectivity index (χ4n) is 8.93. The van der Waals surface area contributed by atoms with Crippen LogP contribution in [-0.2, 0) is 18.4 Å². The third-order valence-electron chi connectivity index (χ3n) is 13.5. The van der Waals surface area contributed by atoms with Gasteiger partial charge in [-0.15, -0.1) is 0 Å². The molecule has 3 atom stereocenters. The highest BCUT2D eigenvalue weighted by atomic mass is 31.2. The van der Waals surface area contributed by atoms with Crippen molar-refractivity contribution in [2.24, 2.45) is 0 Å². The molecular weight excluding hydrogens is 840 g/mol. The molecule has 3 unspecified atom stereocenters. The first-order valence-corrected chi connectivity index (χ1v) is 30.6. The lowest BCUT2D eigenvalue weighted by Crippen LogP contribution is -2.45. The average molecular weight is 957 g/mol. The Morgan fingerprint density at radius 2 is 0.803 bits per heavy atom. The number of nitrogens with zero attached hydrogens (tertiary/aromatic N) is 1. The Balaban J connectivity index is 4.02. The normalized spacial score (nSPS) is 14.0. The summed E-state index contributed by atoms with van der Waals surface area (Å²) in [5, 5.41) is 13.9. The van der Waals surface area contributed by atoms with Gasteiger partial charge in [-0.05, 0) is 19.3 Å². The molecule has 1 amide bonds. The number of amides is 1. The molecule has 0 fully saturated rings. The van der Waals surface area contributed by atoms with Crippen LogP contribution in [0.1, 0.15) is 296 Å². The summed E-state index contributed by atoms with van der Waals surface area (Å²) in [6, 6.07) is -0.841. The highest BCUT2D eigenvalue weighted by molar-refractivity contribution is 7.47. The number of unbranched alkanes of at least 4 members (excludes halogenated alkanes) is 41. The van der Waals surface area contributed by atoms with Gasteiger partial charge in [0.2, 0.25) is 5.91 Å². The molecule has 3 N–H and O–H groups in total. The molecule has 9 heteroatoms. The molecular formula is C57H116N2O6P+. The van der Waals surface area contributed by atoms with Crippen molar-refractivity contribution in [2.75, 3.05) is 40.9 Å². The number of phosphoric ester groups is 1. The first kappa shape index (κ1) is 65.2. The summed E-state index contributed by atoms with van der Waals surface area (Å²) in [5.41, 5.74) is 0. The van der Waals surface area contributed by atoms with Gasteiger partial charge < -0.3 is 19.8 Å². The van der Waals surface area contributed by atoms with Gasteiger partial charge in [-0.1, -0.05) is 283 Å². The zero-order valence-electron chi connectivity index (χ0n) is 45.0. The van der Waals surface area contributed by atoms with E-state index in [-0.39, 0.29) is 19.1 Å². The predicted molar refractivity (Wildman–Crippen MR) is 286 cm³/mol. The Morgan fingerprint density at radius 3 is 1.12 bits per heavy atom. The van der Waals surface area contributed by atoms with Crippen molar-refractivity contribution in [3.63, 3.8) is 0 Å². The molecule has 394 valence electrons. The van der Waals surface area contributed by atoms with Crippen LogP contribution in [0.15, 0.2) is 12.2 Å². The first-order chi connectivity index (χ1) is 32.0. The lowest BCUT2D eigenvalue weighted by Gasteiger charge is -2.25. The van der Waals surface area contributed by atoms with Gasteiger partial charge in [0.15, 0.2) is 0 Å². The van der Waals surface area contributed by atoms with Crippen molar-refractivity contribution in [3.8, 4) is 0 Å². The van der Waals surface area contributed by atoms with Crippen LogP contribution in [0.4, 0.5) is 0 Å². The fraction of sp³-hybridized carbons (Fsp3) is 0.947. The highest BCUT2D eigenvalue weighted by Crippen LogP contribution is 2.43. The minimum atomic E-state index is -4.34. The Kier molecular flexibility index (Phi) is 48.7. The molecule has 66 heavy (non-hydrogen) atoms. The van der Waals surface area contributed by atoms with Crippen molar-refractivity contribution in [1.82, 2.24) is 5.32 Å². The van der Waals surface area contributed by atoms with Gasteiger partial charge in [0, 0.05) is 6.42 Å². The molecule has 0 aliphatic carbocycles. The van der Waals surface area contributed by atoms with E-state index in [1.165, 1.54) is 238 Å². The monoisotopic (exact) mass is 956 g/mol. The third-order valence-corrected chi connectivity index (χ3v) is 14.5. The second kappa shape index (κ2) is 49.2. The van der Waals surface area contributed by atoms with E-state index in [1.54, 1.807) is 6.08 Å². The maximum atomic E-state index is 13.0. The Hall–Kier alpha value is -0.760. The molecule has 0 rings (SSSR count). The molecule has 0 aromatic rings. The number of phosphoric acid groups is 1. The second-order valence-corrected chi connectivity index (χ2v) is 22.8. The Morgan fingerprint density at radius 1 is 0.500 bits per heavy atom. The van der Waals surface area contributed by atoms with E-state index in [9.17, 15) is 19.4 Å². The van der Waals surface area contributed by atoms with E-state index in [4.69, 9.17) is 9.05 Å². The zero-order chi connectivity index (χ0) is 48.5. The molecule has 0 heterocycles. The van der Waals surface area contributed by atoms with Crippen LogP contribution in [0.2, 0.25) is 0 Å². The summed E-state index contributed by atoms with van der Waals surface area (Å²) in [6.07, 6.45) is 60.4. The van der Waals surface area contributed by atoms with Crippen LogP contribution in [0.3, 0.4) is 0 Å². The maximum absolute atomic E-state index is 13.0. The Labute approximate surface area is 412 Å². The van der Waals surface area contributed by atoms with Gasteiger partial charge in [0.25, 0.3) is 0 Å². The van der Waals surface area contributed by atoms with Crippen LogP contribution >= 0.6 is 7.82 Å². The highest BCUT2D eigenvalue weighted by Gasteiger charge is 2.27. The molecule has 0 spiro atoms. The quantitative estimate of drug-likeness (QED) is 0.0243. The molecule has 0 saturated heterocycles. The van der Waals surface area contributed by atoms with Gasteiger partial charge in [0.1, 0.15) is 13.2 Å². The smallest absolute Gasteiger partial charge is 0.387 e. The van der Waals surface area contributed by atoms with Crippen molar-refractivity contribution in [3.05, 3.63) is 12.2 Å². The van der Waals surface area contributed by atoms with E-state index in [0.717, 1.165) is 38.5 Å². The molecule has 8 nitrogen and oxygen atoms in total. The van der Waals surface area contributed by atoms with Crippen molar-refractivity contribution in [1.29, 1.82) is 0 Å². The van der Waals surface area contributed by atoms with Gasteiger partial charge in [0.05, 0.1) is 39.9 Å². The number of nitrogens with one attached hydrogen (secondary N) is 1.